The highest BCUT2D eigenvalue weighted by Gasteiger charge is 2.23. The van der Waals surface area contributed by atoms with Crippen LogP contribution in [0.25, 0.3) is 0 Å². The van der Waals surface area contributed by atoms with E-state index in [1.807, 2.05) is 0 Å². The van der Waals surface area contributed by atoms with E-state index < -0.39 is 53.0 Å². The van der Waals surface area contributed by atoms with Crippen LogP contribution in [0.4, 0.5) is 10.1 Å². The molecule has 7 heteroatoms. The molecule has 0 aliphatic carbocycles. The van der Waals surface area contributed by atoms with Crippen LogP contribution in [0.5, 0.6) is 0 Å². The van der Waals surface area contributed by atoms with Gasteiger partial charge >= 0.3 is 0 Å². The standard InChI is InChI=1S/C11H14FNO4S/c1-8(2)13(11(14)7-18(15,16)17)10-5-3-9(12)4-6-10/h3-6,8H,7H2,1-2H3,(H,15,16,17)/i1D3,2D3,8D. The van der Waals surface area contributed by atoms with Gasteiger partial charge in [-0.05, 0) is 38.0 Å². The predicted octanol–water partition coefficient (Wildman–Crippen LogP) is 1.45. The fourth-order valence-corrected chi connectivity index (χ4v) is 1.65. The summed E-state index contributed by atoms with van der Waals surface area (Å²) >= 11 is 0. The topological polar surface area (TPSA) is 74.7 Å². The SMILES string of the molecule is [2H]C([2H])([2H])C([2H])(N(C(=O)CS(=O)(=O)O)c1ccc(F)cc1)C([2H])([2H])[2H]. The monoisotopic (exact) mass is 282 g/mol. The minimum absolute atomic E-state index is 0.0831. The molecule has 1 amide bonds. The van der Waals surface area contributed by atoms with Crippen LogP contribution >= 0.6 is 0 Å². The fraction of sp³-hybridized carbons (Fsp3) is 0.364. The van der Waals surface area contributed by atoms with Gasteiger partial charge in [0.1, 0.15) is 5.82 Å². The second kappa shape index (κ2) is 5.45. The van der Waals surface area contributed by atoms with Gasteiger partial charge in [0.15, 0.2) is 5.75 Å². The molecule has 0 radical (unpaired) electrons. The maximum absolute atomic E-state index is 13.1. The van der Waals surface area contributed by atoms with E-state index in [0.717, 1.165) is 24.3 Å². The van der Waals surface area contributed by atoms with E-state index in [2.05, 4.69) is 0 Å². The maximum atomic E-state index is 13.1. The second-order valence-corrected chi connectivity index (χ2v) is 4.73. The van der Waals surface area contributed by atoms with E-state index in [9.17, 15) is 17.6 Å². The Balaban J connectivity index is 3.69. The van der Waals surface area contributed by atoms with Crippen molar-refractivity contribution in [1.29, 1.82) is 0 Å². The summed E-state index contributed by atoms with van der Waals surface area (Å²) in [5.74, 6) is -4.13. The summed E-state index contributed by atoms with van der Waals surface area (Å²) in [5, 5.41) is 0. The Bertz CT molecular complexity index is 731. The van der Waals surface area contributed by atoms with Crippen LogP contribution in [0.15, 0.2) is 24.3 Å². The lowest BCUT2D eigenvalue weighted by molar-refractivity contribution is -0.116. The summed E-state index contributed by atoms with van der Waals surface area (Å²) in [4.78, 5) is 12.2. The van der Waals surface area contributed by atoms with Gasteiger partial charge in [-0.3, -0.25) is 9.35 Å². The van der Waals surface area contributed by atoms with E-state index in [-0.39, 0.29) is 4.90 Å². The minimum Gasteiger partial charge on any atom is -0.309 e. The van der Waals surface area contributed by atoms with Crippen molar-refractivity contribution in [3.8, 4) is 0 Å². The van der Waals surface area contributed by atoms with Crippen LogP contribution in [-0.2, 0) is 14.9 Å². The molecule has 0 unspecified atom stereocenters. The van der Waals surface area contributed by atoms with E-state index >= 15 is 0 Å². The molecule has 0 aliphatic heterocycles. The molecule has 0 fully saturated rings. The number of carbonyl (C=O) groups is 1. The minimum atomic E-state index is -4.95. The van der Waals surface area contributed by atoms with Crippen LogP contribution in [0.3, 0.4) is 0 Å². The molecule has 0 atom stereocenters. The molecule has 1 aromatic rings. The van der Waals surface area contributed by atoms with Crippen molar-refractivity contribution in [2.24, 2.45) is 0 Å². The number of benzene rings is 1. The van der Waals surface area contributed by atoms with Gasteiger partial charge in [-0.1, -0.05) is 0 Å². The molecule has 0 aromatic heterocycles. The lowest BCUT2D eigenvalue weighted by Gasteiger charge is -2.26. The Morgan fingerprint density at radius 2 is 2.06 bits per heavy atom. The molecule has 1 rings (SSSR count). The first-order valence-electron chi connectivity index (χ1n) is 8.04. The van der Waals surface area contributed by atoms with Crippen LogP contribution < -0.4 is 4.90 Å². The van der Waals surface area contributed by atoms with Gasteiger partial charge in [-0.25, -0.2) is 4.39 Å². The average Bonchev–Trinajstić information content (AvgIpc) is 2.36. The molecule has 0 spiro atoms. The first kappa shape index (κ1) is 7.20. The number of hydrogen-bond acceptors (Lipinski definition) is 3. The number of nitrogens with zero attached hydrogens (tertiary/aromatic N) is 1. The quantitative estimate of drug-likeness (QED) is 0.848. The highest BCUT2D eigenvalue weighted by atomic mass is 32.2. The predicted molar refractivity (Wildman–Crippen MR) is 65.4 cm³/mol. The van der Waals surface area contributed by atoms with E-state index in [1.54, 1.807) is 0 Å². The summed E-state index contributed by atoms with van der Waals surface area (Å²) in [6, 6.07) is -0.416. The largest absolute Gasteiger partial charge is 0.309 e. The molecular weight excluding hydrogens is 261 g/mol. The van der Waals surface area contributed by atoms with Gasteiger partial charge in [-0.15, -0.1) is 0 Å². The van der Waals surface area contributed by atoms with Gasteiger partial charge in [0.2, 0.25) is 5.91 Å². The third-order valence-corrected chi connectivity index (χ3v) is 2.48. The van der Waals surface area contributed by atoms with Gasteiger partial charge in [0.05, 0.1) is 1.37 Å². The summed E-state index contributed by atoms with van der Waals surface area (Å²) in [5.41, 5.74) is -0.530. The van der Waals surface area contributed by atoms with Crippen LogP contribution in [-0.4, -0.2) is 30.6 Å². The van der Waals surface area contributed by atoms with Crippen molar-refractivity contribution in [2.45, 2.75) is 19.7 Å². The van der Waals surface area contributed by atoms with Crippen LogP contribution in [0, 0.1) is 5.82 Å². The van der Waals surface area contributed by atoms with Crippen molar-refractivity contribution < 1.29 is 31.8 Å². The lowest BCUT2D eigenvalue weighted by Crippen LogP contribution is -2.40. The van der Waals surface area contributed by atoms with Gasteiger partial charge in [-0.2, -0.15) is 8.42 Å². The number of halogens is 1. The molecule has 5 nitrogen and oxygen atoms in total. The Morgan fingerprint density at radius 3 is 2.50 bits per heavy atom. The molecule has 100 valence electrons. The molecule has 18 heavy (non-hydrogen) atoms. The van der Waals surface area contributed by atoms with Crippen molar-refractivity contribution in [3.05, 3.63) is 30.1 Å². The van der Waals surface area contributed by atoms with Crippen LogP contribution in [0.2, 0.25) is 0 Å². The average molecular weight is 282 g/mol. The Morgan fingerprint density at radius 1 is 1.50 bits per heavy atom. The third-order valence-electron chi connectivity index (χ3n) is 1.86. The summed E-state index contributed by atoms with van der Waals surface area (Å²) < 4.78 is 96.2. The lowest BCUT2D eigenvalue weighted by atomic mass is 10.2. The van der Waals surface area contributed by atoms with Crippen molar-refractivity contribution in [3.63, 3.8) is 0 Å². The highest BCUT2D eigenvalue weighted by molar-refractivity contribution is 7.86. The van der Waals surface area contributed by atoms with Crippen LogP contribution in [0.1, 0.15) is 23.3 Å². The molecule has 1 N–H and O–H groups in total. The van der Waals surface area contributed by atoms with Crippen molar-refractivity contribution in [2.75, 3.05) is 10.7 Å². The molecule has 0 saturated carbocycles. The maximum Gasteiger partial charge on any atom is 0.274 e. The number of anilines is 1. The Hall–Kier alpha value is -1.47. The first-order valence-corrected chi connectivity index (χ1v) is 6.15. The van der Waals surface area contributed by atoms with Gasteiger partial charge in [0, 0.05) is 19.9 Å². The van der Waals surface area contributed by atoms with E-state index in [4.69, 9.17) is 14.1 Å². The molecular formula is C11H14FNO4S. The first-order chi connectivity index (χ1) is 11.0. The zero-order valence-corrected chi connectivity index (χ0v) is 9.74. The molecule has 0 bridgehead atoms. The second-order valence-electron chi connectivity index (χ2n) is 3.28. The van der Waals surface area contributed by atoms with Gasteiger partial charge < -0.3 is 4.90 Å². The Labute approximate surface area is 115 Å². The number of carbonyl (C=O) groups excluding carboxylic acids is 1. The molecule has 0 heterocycles. The number of hydrogen-bond donors (Lipinski definition) is 1. The highest BCUT2D eigenvalue weighted by Crippen LogP contribution is 2.18. The molecule has 0 saturated heterocycles. The number of rotatable bonds is 4. The molecule has 1 aromatic carbocycles. The normalized spacial score (nSPS) is 19.3. The zero-order chi connectivity index (χ0) is 19.8. The zero-order valence-electron chi connectivity index (χ0n) is 15.9. The smallest absolute Gasteiger partial charge is 0.274 e. The Kier molecular flexibility index (Phi) is 2.18. The van der Waals surface area contributed by atoms with Gasteiger partial charge in [0.25, 0.3) is 10.1 Å². The fourth-order valence-electron chi connectivity index (χ4n) is 1.21. The summed E-state index contributed by atoms with van der Waals surface area (Å²) in [7, 11) is -4.95. The summed E-state index contributed by atoms with van der Waals surface area (Å²) in [6.45, 7) is -7.19. The van der Waals surface area contributed by atoms with Crippen molar-refractivity contribution >= 4 is 21.7 Å². The van der Waals surface area contributed by atoms with Crippen molar-refractivity contribution in [1.82, 2.24) is 0 Å². The summed E-state index contributed by atoms with van der Waals surface area (Å²) in [6.07, 6.45) is 0. The molecule has 0 aliphatic rings. The van der Waals surface area contributed by atoms with E-state index in [1.165, 1.54) is 0 Å². The third kappa shape index (κ3) is 4.08. The van der Waals surface area contributed by atoms with E-state index in [0.29, 0.717) is 0 Å². The number of amides is 1.